The van der Waals surface area contributed by atoms with Crippen LogP contribution in [0.3, 0.4) is 0 Å². The van der Waals surface area contributed by atoms with Gasteiger partial charge in [0.25, 0.3) is 0 Å². The lowest BCUT2D eigenvalue weighted by Crippen LogP contribution is -2.35. The Morgan fingerprint density at radius 2 is 0.950 bits per heavy atom. The van der Waals surface area contributed by atoms with Gasteiger partial charge in [0.05, 0.1) is 0 Å². The van der Waals surface area contributed by atoms with E-state index in [9.17, 15) is 13.2 Å². The summed E-state index contributed by atoms with van der Waals surface area (Å²) in [7, 11) is 0. The Bertz CT molecular complexity index is 1210. The lowest BCUT2D eigenvalue weighted by atomic mass is 10.1. The van der Waals surface area contributed by atoms with Crippen LogP contribution in [-0.4, -0.2) is 31.1 Å². The molecule has 4 nitrogen and oxygen atoms in total. The standard InChI is InChI=1S/C26H32F2N4.C7H7F/c27-25-9-5-22(6-10-25)17-30-14-16-32(15-13-29)20-24-3-1-21(2-4-24)18-31-19-23-7-11-26(28)12-8-23;1-6-2-4-7(8)5-3-6/h1-12,30-31H,13-20,29H2;2-5H,1H3. The number of hydrogen-bond acceptors (Lipinski definition) is 4. The van der Waals surface area contributed by atoms with E-state index in [1.165, 1.54) is 47.5 Å². The zero-order valence-electron chi connectivity index (χ0n) is 23.1. The van der Waals surface area contributed by atoms with E-state index in [1.807, 2.05) is 6.92 Å². The molecule has 7 heteroatoms. The third-order valence-electron chi connectivity index (χ3n) is 6.30. The van der Waals surface area contributed by atoms with E-state index in [4.69, 9.17) is 5.73 Å². The summed E-state index contributed by atoms with van der Waals surface area (Å²) in [6.07, 6.45) is 0. The lowest BCUT2D eigenvalue weighted by Gasteiger charge is -2.22. The normalized spacial score (nSPS) is 10.8. The molecule has 4 N–H and O–H groups in total. The molecule has 0 spiro atoms. The molecule has 0 fully saturated rings. The van der Waals surface area contributed by atoms with Crippen LogP contribution in [0, 0.1) is 24.4 Å². The van der Waals surface area contributed by atoms with E-state index in [1.54, 1.807) is 36.4 Å². The zero-order chi connectivity index (χ0) is 28.6. The number of hydrogen-bond donors (Lipinski definition) is 3. The van der Waals surface area contributed by atoms with Crippen LogP contribution in [0.2, 0.25) is 0 Å². The van der Waals surface area contributed by atoms with Crippen LogP contribution < -0.4 is 16.4 Å². The molecule has 0 atom stereocenters. The summed E-state index contributed by atoms with van der Waals surface area (Å²) >= 11 is 0. The second-order valence-electron chi connectivity index (χ2n) is 9.71. The van der Waals surface area contributed by atoms with E-state index < -0.39 is 0 Å². The Morgan fingerprint density at radius 1 is 0.550 bits per heavy atom. The first kappa shape index (κ1) is 31.0. The highest BCUT2D eigenvalue weighted by Crippen LogP contribution is 2.09. The predicted octanol–water partition coefficient (Wildman–Crippen LogP) is 5.94. The Morgan fingerprint density at radius 3 is 1.40 bits per heavy atom. The van der Waals surface area contributed by atoms with Crippen molar-refractivity contribution in [1.82, 2.24) is 15.5 Å². The lowest BCUT2D eigenvalue weighted by molar-refractivity contribution is 0.272. The summed E-state index contributed by atoms with van der Waals surface area (Å²) < 4.78 is 38.0. The molecule has 0 aliphatic heterocycles. The fourth-order valence-corrected chi connectivity index (χ4v) is 4.03. The van der Waals surface area contributed by atoms with Gasteiger partial charge in [0.1, 0.15) is 17.5 Å². The average molecular weight is 549 g/mol. The third-order valence-corrected chi connectivity index (χ3v) is 6.30. The molecule has 0 aliphatic carbocycles. The van der Waals surface area contributed by atoms with Crippen molar-refractivity contribution in [2.75, 3.05) is 26.2 Å². The van der Waals surface area contributed by atoms with E-state index in [0.29, 0.717) is 13.1 Å². The molecule has 4 aromatic rings. The van der Waals surface area contributed by atoms with Gasteiger partial charge in [-0.1, -0.05) is 66.2 Å². The summed E-state index contributed by atoms with van der Waals surface area (Å²) in [6, 6.07) is 28.1. The summed E-state index contributed by atoms with van der Waals surface area (Å²) in [6.45, 7) is 8.13. The highest BCUT2D eigenvalue weighted by molar-refractivity contribution is 5.23. The van der Waals surface area contributed by atoms with Gasteiger partial charge in [0.15, 0.2) is 0 Å². The number of benzene rings is 4. The Labute approximate surface area is 236 Å². The number of halogens is 3. The molecule has 0 saturated heterocycles. The average Bonchev–Trinajstić information content (AvgIpc) is 2.96. The number of nitrogens with two attached hydrogens (primary N) is 1. The van der Waals surface area contributed by atoms with E-state index in [2.05, 4.69) is 39.8 Å². The van der Waals surface area contributed by atoms with Crippen LogP contribution >= 0.6 is 0 Å². The van der Waals surface area contributed by atoms with E-state index in [0.717, 1.165) is 56.0 Å². The third kappa shape index (κ3) is 12.1. The zero-order valence-corrected chi connectivity index (χ0v) is 23.1. The molecule has 0 heterocycles. The summed E-state index contributed by atoms with van der Waals surface area (Å²) in [4.78, 5) is 2.33. The van der Waals surface area contributed by atoms with Gasteiger partial charge >= 0.3 is 0 Å². The Kier molecular flexibility index (Phi) is 13.4. The van der Waals surface area contributed by atoms with Gasteiger partial charge in [-0.15, -0.1) is 0 Å². The molecule has 0 bridgehead atoms. The van der Waals surface area contributed by atoms with Crippen molar-refractivity contribution in [2.45, 2.75) is 33.1 Å². The van der Waals surface area contributed by atoms with Crippen LogP contribution in [-0.2, 0) is 26.2 Å². The minimum absolute atomic E-state index is 0.171. The van der Waals surface area contributed by atoms with Crippen molar-refractivity contribution in [3.8, 4) is 0 Å². The number of nitrogens with one attached hydrogen (secondary N) is 2. The van der Waals surface area contributed by atoms with Crippen molar-refractivity contribution < 1.29 is 13.2 Å². The maximum Gasteiger partial charge on any atom is 0.123 e. The first-order valence-corrected chi connectivity index (χ1v) is 13.5. The van der Waals surface area contributed by atoms with Crippen LogP contribution in [0.4, 0.5) is 13.2 Å². The molecule has 4 rings (SSSR count). The second kappa shape index (κ2) is 17.3. The van der Waals surface area contributed by atoms with Crippen molar-refractivity contribution in [1.29, 1.82) is 0 Å². The minimum Gasteiger partial charge on any atom is -0.329 e. The van der Waals surface area contributed by atoms with Crippen LogP contribution in [0.15, 0.2) is 97.1 Å². The van der Waals surface area contributed by atoms with Gasteiger partial charge in [0, 0.05) is 52.4 Å². The van der Waals surface area contributed by atoms with Gasteiger partial charge in [-0.25, -0.2) is 13.2 Å². The summed E-state index contributed by atoms with van der Waals surface area (Å²) in [5.41, 5.74) is 11.5. The highest BCUT2D eigenvalue weighted by atomic mass is 19.1. The van der Waals surface area contributed by atoms with E-state index >= 15 is 0 Å². The highest BCUT2D eigenvalue weighted by Gasteiger charge is 2.06. The molecule has 0 unspecified atom stereocenters. The van der Waals surface area contributed by atoms with Crippen molar-refractivity contribution in [3.05, 3.63) is 142 Å². The fourth-order valence-electron chi connectivity index (χ4n) is 4.03. The van der Waals surface area contributed by atoms with E-state index in [-0.39, 0.29) is 17.5 Å². The minimum atomic E-state index is -0.211. The smallest absolute Gasteiger partial charge is 0.123 e. The van der Waals surface area contributed by atoms with Crippen molar-refractivity contribution >= 4 is 0 Å². The van der Waals surface area contributed by atoms with Crippen molar-refractivity contribution in [2.24, 2.45) is 5.73 Å². The van der Waals surface area contributed by atoms with Gasteiger partial charge in [0.2, 0.25) is 0 Å². The Hall–Kier alpha value is -3.49. The predicted molar refractivity (Wildman–Crippen MR) is 157 cm³/mol. The first-order chi connectivity index (χ1) is 19.4. The molecule has 212 valence electrons. The first-order valence-electron chi connectivity index (χ1n) is 13.5. The fraction of sp³-hybridized carbons (Fsp3) is 0.273. The number of aryl methyl sites for hydroxylation is 1. The molecule has 4 aromatic carbocycles. The van der Waals surface area contributed by atoms with Gasteiger partial charge in [-0.3, -0.25) is 4.90 Å². The van der Waals surface area contributed by atoms with Gasteiger partial charge < -0.3 is 16.4 Å². The molecule has 0 aromatic heterocycles. The Balaban J connectivity index is 0.000000472. The number of rotatable bonds is 13. The maximum atomic E-state index is 13.0. The molecule has 0 amide bonds. The monoisotopic (exact) mass is 548 g/mol. The van der Waals surface area contributed by atoms with Crippen molar-refractivity contribution in [3.63, 3.8) is 0 Å². The maximum absolute atomic E-state index is 13.0. The molecule has 0 aliphatic rings. The van der Waals surface area contributed by atoms with Crippen LogP contribution in [0.5, 0.6) is 0 Å². The summed E-state index contributed by atoms with van der Waals surface area (Å²) in [5.74, 6) is -0.593. The molecule has 0 saturated carbocycles. The van der Waals surface area contributed by atoms with Crippen LogP contribution in [0.1, 0.15) is 27.8 Å². The SMILES string of the molecule is Cc1ccc(F)cc1.NCCN(CCNCc1ccc(F)cc1)Cc1ccc(CNCc2ccc(F)cc2)cc1. The van der Waals surface area contributed by atoms with Gasteiger partial charge in [-0.05, 0) is 65.6 Å². The second-order valence-corrected chi connectivity index (χ2v) is 9.71. The molecular weight excluding hydrogens is 509 g/mol. The van der Waals surface area contributed by atoms with Crippen LogP contribution in [0.25, 0.3) is 0 Å². The molecular formula is C33H39F3N4. The quantitative estimate of drug-likeness (QED) is 0.181. The topological polar surface area (TPSA) is 53.3 Å². The molecule has 40 heavy (non-hydrogen) atoms. The summed E-state index contributed by atoms with van der Waals surface area (Å²) in [5, 5.41) is 6.80. The largest absolute Gasteiger partial charge is 0.329 e. The molecule has 0 radical (unpaired) electrons. The van der Waals surface area contributed by atoms with Gasteiger partial charge in [-0.2, -0.15) is 0 Å². The number of nitrogens with zero attached hydrogens (tertiary/aromatic N) is 1.